The number of aryl methyl sites for hydroxylation is 1. The van der Waals surface area contributed by atoms with E-state index in [1.54, 1.807) is 0 Å². The molecule has 1 aromatic carbocycles. The van der Waals surface area contributed by atoms with Crippen LogP contribution in [0.1, 0.15) is 32.0 Å². The molecule has 0 spiro atoms. The molecule has 0 aliphatic rings. The Bertz CT molecular complexity index is 586. The summed E-state index contributed by atoms with van der Waals surface area (Å²) in [5, 5.41) is 6.68. The third kappa shape index (κ3) is 5.01. The van der Waals surface area contributed by atoms with E-state index in [0.29, 0.717) is 0 Å². The first kappa shape index (κ1) is 15.8. The number of benzene rings is 1. The summed E-state index contributed by atoms with van der Waals surface area (Å²) < 4.78 is 1.01. The molecule has 1 aromatic heterocycles. The zero-order valence-corrected chi connectivity index (χ0v) is 14.1. The van der Waals surface area contributed by atoms with Crippen LogP contribution in [0, 0.1) is 6.92 Å². The summed E-state index contributed by atoms with van der Waals surface area (Å²) >= 11 is 3.53. The highest BCUT2D eigenvalue weighted by molar-refractivity contribution is 9.10. The van der Waals surface area contributed by atoms with Gasteiger partial charge in [0.15, 0.2) is 0 Å². The van der Waals surface area contributed by atoms with Crippen molar-refractivity contribution in [2.45, 2.75) is 33.1 Å². The van der Waals surface area contributed by atoms with Gasteiger partial charge in [-0.1, -0.05) is 31.9 Å². The Labute approximate surface area is 134 Å². The topological polar surface area (TPSA) is 49.8 Å². The number of unbranched alkanes of at least 4 members (excludes halogenated alkanes) is 2. The lowest BCUT2D eigenvalue weighted by Gasteiger charge is -2.11. The number of anilines is 3. The molecule has 0 unspecified atom stereocenters. The summed E-state index contributed by atoms with van der Waals surface area (Å²) in [4.78, 5) is 8.85. The molecule has 2 N–H and O–H groups in total. The van der Waals surface area contributed by atoms with Crippen molar-refractivity contribution in [3.8, 4) is 0 Å². The van der Waals surface area contributed by atoms with Gasteiger partial charge in [-0.2, -0.15) is 0 Å². The van der Waals surface area contributed by atoms with Crippen LogP contribution in [0.2, 0.25) is 0 Å². The molecule has 112 valence electrons. The molecule has 1 heterocycles. The van der Waals surface area contributed by atoms with E-state index in [1.165, 1.54) is 12.8 Å². The van der Waals surface area contributed by atoms with Gasteiger partial charge in [-0.3, -0.25) is 0 Å². The van der Waals surface area contributed by atoms with Gasteiger partial charge in [0, 0.05) is 17.1 Å². The number of nitrogens with one attached hydrogen (secondary N) is 2. The van der Waals surface area contributed by atoms with E-state index in [1.807, 2.05) is 37.3 Å². The second kappa shape index (κ2) is 7.98. The summed E-state index contributed by atoms with van der Waals surface area (Å²) in [7, 11) is 0. The quantitative estimate of drug-likeness (QED) is 0.699. The standard InChI is InChI=1S/C16H21BrN4/c1-3-4-7-10-18-15-11-16(20-12(2)19-15)21-14-9-6-5-8-13(14)17/h5-6,8-9,11H,3-4,7,10H2,1-2H3,(H2,18,19,20,21). The van der Waals surface area contributed by atoms with E-state index in [-0.39, 0.29) is 0 Å². The predicted molar refractivity (Wildman–Crippen MR) is 92.2 cm³/mol. The van der Waals surface area contributed by atoms with Gasteiger partial charge in [0.25, 0.3) is 0 Å². The maximum Gasteiger partial charge on any atom is 0.136 e. The van der Waals surface area contributed by atoms with Gasteiger partial charge >= 0.3 is 0 Å². The summed E-state index contributed by atoms with van der Waals surface area (Å²) in [6.07, 6.45) is 3.62. The van der Waals surface area contributed by atoms with Crippen molar-refractivity contribution in [2.24, 2.45) is 0 Å². The number of rotatable bonds is 7. The van der Waals surface area contributed by atoms with Crippen LogP contribution in [0.3, 0.4) is 0 Å². The Morgan fingerprint density at radius 1 is 1.10 bits per heavy atom. The molecule has 2 aromatic rings. The number of aromatic nitrogens is 2. The number of hydrogen-bond donors (Lipinski definition) is 2. The smallest absolute Gasteiger partial charge is 0.136 e. The molecular formula is C16H21BrN4. The summed E-state index contributed by atoms with van der Waals surface area (Å²) in [5.41, 5.74) is 0.993. The lowest BCUT2D eigenvalue weighted by Crippen LogP contribution is -2.06. The van der Waals surface area contributed by atoms with Crippen molar-refractivity contribution < 1.29 is 0 Å². The maximum absolute atomic E-state index is 4.43. The van der Waals surface area contributed by atoms with Crippen molar-refractivity contribution in [2.75, 3.05) is 17.2 Å². The number of halogens is 1. The molecule has 0 atom stereocenters. The van der Waals surface area contributed by atoms with Crippen molar-refractivity contribution in [3.63, 3.8) is 0 Å². The van der Waals surface area contributed by atoms with Gasteiger partial charge in [-0.25, -0.2) is 9.97 Å². The van der Waals surface area contributed by atoms with Crippen LogP contribution in [0.25, 0.3) is 0 Å². The van der Waals surface area contributed by atoms with Gasteiger partial charge in [0.2, 0.25) is 0 Å². The van der Waals surface area contributed by atoms with Crippen molar-refractivity contribution in [1.29, 1.82) is 0 Å². The Balaban J connectivity index is 2.06. The number of para-hydroxylation sites is 1. The number of hydrogen-bond acceptors (Lipinski definition) is 4. The minimum atomic E-state index is 0.755. The Morgan fingerprint density at radius 2 is 1.86 bits per heavy atom. The Hall–Kier alpha value is -1.62. The van der Waals surface area contributed by atoms with Gasteiger partial charge < -0.3 is 10.6 Å². The van der Waals surface area contributed by atoms with Gasteiger partial charge in [-0.15, -0.1) is 0 Å². The van der Waals surface area contributed by atoms with Crippen LogP contribution in [-0.2, 0) is 0 Å². The van der Waals surface area contributed by atoms with Crippen molar-refractivity contribution in [1.82, 2.24) is 9.97 Å². The first-order valence-electron chi connectivity index (χ1n) is 7.30. The van der Waals surface area contributed by atoms with E-state index in [4.69, 9.17) is 0 Å². The van der Waals surface area contributed by atoms with Crippen molar-refractivity contribution in [3.05, 3.63) is 40.6 Å². The van der Waals surface area contributed by atoms with E-state index >= 15 is 0 Å². The second-order valence-corrected chi connectivity index (χ2v) is 5.78. The molecule has 21 heavy (non-hydrogen) atoms. The third-order valence-corrected chi connectivity index (χ3v) is 3.75. The predicted octanol–water partition coefficient (Wildman–Crippen LogP) is 4.89. The molecule has 5 heteroatoms. The highest BCUT2D eigenvalue weighted by Crippen LogP contribution is 2.25. The average Bonchev–Trinajstić information content (AvgIpc) is 2.46. The van der Waals surface area contributed by atoms with E-state index in [0.717, 1.165) is 40.6 Å². The monoisotopic (exact) mass is 348 g/mol. The normalized spacial score (nSPS) is 10.4. The highest BCUT2D eigenvalue weighted by atomic mass is 79.9. The maximum atomic E-state index is 4.43. The zero-order valence-electron chi connectivity index (χ0n) is 12.5. The third-order valence-electron chi connectivity index (χ3n) is 3.06. The zero-order chi connectivity index (χ0) is 15.1. The lowest BCUT2D eigenvalue weighted by molar-refractivity contribution is 0.742. The fourth-order valence-corrected chi connectivity index (χ4v) is 2.40. The van der Waals surface area contributed by atoms with Crippen LogP contribution in [0.5, 0.6) is 0 Å². The molecule has 0 aliphatic carbocycles. The minimum absolute atomic E-state index is 0.755. The molecule has 0 fully saturated rings. The van der Waals surface area contributed by atoms with Crippen LogP contribution in [0.4, 0.5) is 17.3 Å². The van der Waals surface area contributed by atoms with Crippen LogP contribution < -0.4 is 10.6 Å². The SMILES string of the molecule is CCCCCNc1cc(Nc2ccccc2Br)nc(C)n1. The van der Waals surface area contributed by atoms with Crippen molar-refractivity contribution >= 4 is 33.3 Å². The van der Waals surface area contributed by atoms with Crippen LogP contribution in [0.15, 0.2) is 34.8 Å². The molecule has 0 bridgehead atoms. The fourth-order valence-electron chi connectivity index (χ4n) is 2.01. The summed E-state index contributed by atoms with van der Waals surface area (Å²) in [6.45, 7) is 5.05. The molecule has 0 saturated carbocycles. The fraction of sp³-hybridized carbons (Fsp3) is 0.375. The Kier molecular flexibility index (Phi) is 5.99. The van der Waals surface area contributed by atoms with E-state index in [2.05, 4.69) is 43.5 Å². The van der Waals surface area contributed by atoms with Gasteiger partial charge in [0.05, 0.1) is 5.69 Å². The second-order valence-electron chi connectivity index (χ2n) is 4.92. The molecule has 4 nitrogen and oxygen atoms in total. The molecular weight excluding hydrogens is 328 g/mol. The minimum Gasteiger partial charge on any atom is -0.370 e. The lowest BCUT2D eigenvalue weighted by atomic mass is 10.2. The Morgan fingerprint density at radius 3 is 2.62 bits per heavy atom. The average molecular weight is 349 g/mol. The van der Waals surface area contributed by atoms with E-state index in [9.17, 15) is 0 Å². The number of nitrogens with zero attached hydrogens (tertiary/aromatic N) is 2. The molecule has 0 saturated heterocycles. The van der Waals surface area contributed by atoms with Crippen LogP contribution in [-0.4, -0.2) is 16.5 Å². The summed E-state index contributed by atoms with van der Waals surface area (Å²) in [6, 6.07) is 9.93. The molecule has 2 rings (SSSR count). The molecule has 0 amide bonds. The first-order chi connectivity index (χ1) is 10.2. The van der Waals surface area contributed by atoms with Gasteiger partial charge in [-0.05, 0) is 41.4 Å². The largest absolute Gasteiger partial charge is 0.370 e. The molecule has 0 aliphatic heterocycles. The van der Waals surface area contributed by atoms with Gasteiger partial charge in [0.1, 0.15) is 17.5 Å². The summed E-state index contributed by atoms with van der Waals surface area (Å²) in [5.74, 6) is 2.42. The van der Waals surface area contributed by atoms with E-state index < -0.39 is 0 Å². The molecule has 0 radical (unpaired) electrons. The first-order valence-corrected chi connectivity index (χ1v) is 8.09. The van der Waals surface area contributed by atoms with Crippen LogP contribution >= 0.6 is 15.9 Å². The highest BCUT2D eigenvalue weighted by Gasteiger charge is 2.04.